The first kappa shape index (κ1) is 10.3. The van der Waals surface area contributed by atoms with Crippen LogP contribution < -0.4 is 0 Å². The van der Waals surface area contributed by atoms with Gasteiger partial charge in [-0.3, -0.25) is 0 Å². The molecule has 2 fully saturated rings. The number of rotatable bonds is 2. The van der Waals surface area contributed by atoms with Gasteiger partial charge in [0.2, 0.25) is 0 Å². The summed E-state index contributed by atoms with van der Waals surface area (Å²) in [6.07, 6.45) is 2.86. The van der Waals surface area contributed by atoms with Crippen molar-refractivity contribution in [3.8, 4) is 0 Å². The van der Waals surface area contributed by atoms with Crippen molar-refractivity contribution in [1.29, 1.82) is 0 Å². The Morgan fingerprint density at radius 3 is 2.17 bits per heavy atom. The zero-order valence-electron chi connectivity index (χ0n) is 10.3. The molecule has 1 heteroatoms. The Bertz CT molecular complexity index is 548. The molecular weight excluding hydrogens is 220 g/mol. The van der Waals surface area contributed by atoms with Gasteiger partial charge in [-0.2, -0.15) is 0 Å². The predicted molar refractivity (Wildman–Crippen MR) is 71.4 cm³/mol. The van der Waals surface area contributed by atoms with Gasteiger partial charge in [0.05, 0.1) is 6.10 Å². The predicted octanol–water partition coefficient (Wildman–Crippen LogP) is 3.86. The second-order valence-corrected chi connectivity index (χ2v) is 5.31. The lowest BCUT2D eigenvalue weighted by Gasteiger charge is -2.21. The molecule has 1 nitrogen and oxygen atoms in total. The largest absolute Gasteiger partial charge is 0.360 e. The normalized spacial score (nSPS) is 33.1. The molecule has 2 aromatic carbocycles. The van der Waals surface area contributed by atoms with Gasteiger partial charge < -0.3 is 4.74 Å². The van der Waals surface area contributed by atoms with Crippen LogP contribution in [0.15, 0.2) is 60.7 Å². The molecule has 1 aliphatic carbocycles. The average molecular weight is 236 g/mol. The van der Waals surface area contributed by atoms with E-state index in [1.165, 1.54) is 24.0 Å². The Morgan fingerprint density at radius 2 is 1.50 bits per heavy atom. The van der Waals surface area contributed by atoms with Crippen LogP contribution in [0.2, 0.25) is 0 Å². The quantitative estimate of drug-likeness (QED) is 0.721. The molecule has 3 atom stereocenters. The Morgan fingerprint density at radius 1 is 0.833 bits per heavy atom. The van der Waals surface area contributed by atoms with Gasteiger partial charge in [-0.25, -0.2) is 0 Å². The molecule has 1 saturated carbocycles. The summed E-state index contributed by atoms with van der Waals surface area (Å²) in [5.41, 5.74) is 2.74. The minimum atomic E-state index is -0.0252. The summed E-state index contributed by atoms with van der Waals surface area (Å²) in [6, 6.07) is 21.5. The molecule has 1 aliphatic heterocycles. The van der Waals surface area contributed by atoms with Gasteiger partial charge in [0.15, 0.2) is 0 Å². The summed E-state index contributed by atoms with van der Waals surface area (Å²) in [6.45, 7) is 0. The van der Waals surface area contributed by atoms with Crippen LogP contribution in [0, 0.1) is 0 Å². The van der Waals surface area contributed by atoms with Crippen LogP contribution in [0.1, 0.15) is 29.9 Å². The van der Waals surface area contributed by atoms with E-state index >= 15 is 0 Å². The molecule has 90 valence electrons. The first-order valence-corrected chi connectivity index (χ1v) is 6.69. The van der Waals surface area contributed by atoms with Crippen LogP contribution in [-0.4, -0.2) is 6.10 Å². The van der Waals surface area contributed by atoms with Crippen LogP contribution in [-0.2, 0) is 10.3 Å². The van der Waals surface area contributed by atoms with E-state index < -0.39 is 0 Å². The molecule has 1 heterocycles. The SMILES string of the molecule is c1ccc(C2CCC3OC32c2ccccc2)cc1. The molecule has 0 spiro atoms. The molecular formula is C17H16O. The van der Waals surface area contributed by atoms with Gasteiger partial charge in [0.25, 0.3) is 0 Å². The van der Waals surface area contributed by atoms with E-state index in [9.17, 15) is 0 Å². The monoisotopic (exact) mass is 236 g/mol. The smallest absolute Gasteiger partial charge is 0.126 e. The summed E-state index contributed by atoms with van der Waals surface area (Å²) in [7, 11) is 0. The first-order valence-electron chi connectivity index (χ1n) is 6.69. The highest BCUT2D eigenvalue weighted by Crippen LogP contribution is 2.64. The lowest BCUT2D eigenvalue weighted by molar-refractivity contribution is 0.227. The molecule has 4 rings (SSSR count). The van der Waals surface area contributed by atoms with E-state index in [4.69, 9.17) is 4.74 Å². The van der Waals surface area contributed by atoms with E-state index in [0.717, 1.165) is 0 Å². The van der Waals surface area contributed by atoms with E-state index in [1.807, 2.05) is 0 Å². The van der Waals surface area contributed by atoms with Crippen LogP contribution in [0.5, 0.6) is 0 Å². The highest BCUT2D eigenvalue weighted by Gasteiger charge is 2.66. The Kier molecular flexibility index (Phi) is 2.12. The highest BCUT2D eigenvalue weighted by molar-refractivity contribution is 5.39. The maximum Gasteiger partial charge on any atom is 0.126 e. The van der Waals surface area contributed by atoms with Crippen LogP contribution >= 0.6 is 0 Å². The molecule has 0 bridgehead atoms. The number of ether oxygens (including phenoxy) is 1. The molecule has 0 amide bonds. The number of hydrogen-bond donors (Lipinski definition) is 0. The summed E-state index contributed by atoms with van der Waals surface area (Å²) in [5.74, 6) is 0.520. The van der Waals surface area contributed by atoms with Crippen molar-refractivity contribution in [2.75, 3.05) is 0 Å². The molecule has 2 aromatic rings. The molecule has 18 heavy (non-hydrogen) atoms. The van der Waals surface area contributed by atoms with Gasteiger partial charge >= 0.3 is 0 Å². The number of hydrogen-bond acceptors (Lipinski definition) is 1. The lowest BCUT2D eigenvalue weighted by atomic mass is 9.83. The van der Waals surface area contributed by atoms with Gasteiger partial charge in [-0.05, 0) is 24.0 Å². The third-order valence-electron chi connectivity index (χ3n) is 4.42. The number of epoxide rings is 1. The third kappa shape index (κ3) is 1.31. The van der Waals surface area contributed by atoms with E-state index in [-0.39, 0.29) is 5.60 Å². The number of fused-ring (bicyclic) bond motifs is 1. The highest BCUT2D eigenvalue weighted by atomic mass is 16.6. The van der Waals surface area contributed by atoms with Crippen molar-refractivity contribution in [2.24, 2.45) is 0 Å². The van der Waals surface area contributed by atoms with Gasteiger partial charge in [0.1, 0.15) is 5.60 Å². The lowest BCUT2D eigenvalue weighted by Crippen LogP contribution is -2.17. The average Bonchev–Trinajstić information content (AvgIpc) is 3.07. The van der Waals surface area contributed by atoms with Crippen molar-refractivity contribution in [1.82, 2.24) is 0 Å². The van der Waals surface area contributed by atoms with Gasteiger partial charge in [-0.1, -0.05) is 60.7 Å². The molecule has 0 radical (unpaired) electrons. The fourth-order valence-electron chi connectivity index (χ4n) is 3.57. The van der Waals surface area contributed by atoms with Crippen LogP contribution in [0.4, 0.5) is 0 Å². The molecule has 3 unspecified atom stereocenters. The zero-order chi connectivity index (χ0) is 12.0. The van der Waals surface area contributed by atoms with Crippen molar-refractivity contribution in [2.45, 2.75) is 30.5 Å². The van der Waals surface area contributed by atoms with Crippen LogP contribution in [0.25, 0.3) is 0 Å². The standard InChI is InChI=1S/C17H16O/c1-3-7-13(8-4-1)15-11-12-16-17(15,18-16)14-9-5-2-6-10-14/h1-10,15-16H,11-12H2. The fourth-order valence-corrected chi connectivity index (χ4v) is 3.57. The van der Waals surface area contributed by atoms with Crippen molar-refractivity contribution in [3.63, 3.8) is 0 Å². The zero-order valence-corrected chi connectivity index (χ0v) is 10.3. The maximum atomic E-state index is 6.09. The minimum absolute atomic E-state index is 0.0252. The summed E-state index contributed by atoms with van der Waals surface area (Å²) >= 11 is 0. The Labute approximate surface area is 107 Å². The second-order valence-electron chi connectivity index (χ2n) is 5.31. The van der Waals surface area contributed by atoms with Crippen molar-refractivity contribution >= 4 is 0 Å². The summed E-state index contributed by atoms with van der Waals surface area (Å²) in [4.78, 5) is 0. The van der Waals surface area contributed by atoms with Crippen molar-refractivity contribution in [3.05, 3.63) is 71.8 Å². The van der Waals surface area contributed by atoms with Crippen LogP contribution in [0.3, 0.4) is 0 Å². The fraction of sp³-hybridized carbons (Fsp3) is 0.294. The Balaban J connectivity index is 1.78. The second kappa shape index (κ2) is 3.69. The van der Waals surface area contributed by atoms with E-state index in [1.54, 1.807) is 0 Å². The van der Waals surface area contributed by atoms with Gasteiger partial charge in [-0.15, -0.1) is 0 Å². The minimum Gasteiger partial charge on any atom is -0.360 e. The first-order chi connectivity index (χ1) is 8.91. The topological polar surface area (TPSA) is 12.5 Å². The van der Waals surface area contributed by atoms with Crippen molar-refractivity contribution < 1.29 is 4.74 Å². The number of benzene rings is 2. The van der Waals surface area contributed by atoms with E-state index in [0.29, 0.717) is 12.0 Å². The van der Waals surface area contributed by atoms with Gasteiger partial charge in [0, 0.05) is 5.92 Å². The Hall–Kier alpha value is -1.60. The molecule has 1 saturated heterocycles. The summed E-state index contributed by atoms with van der Waals surface area (Å²) < 4.78 is 6.09. The maximum absolute atomic E-state index is 6.09. The molecule has 2 aliphatic rings. The molecule has 0 N–H and O–H groups in total. The summed E-state index contributed by atoms with van der Waals surface area (Å²) in [5, 5.41) is 0. The third-order valence-corrected chi connectivity index (χ3v) is 4.42. The van der Waals surface area contributed by atoms with E-state index in [2.05, 4.69) is 60.7 Å². The molecule has 0 aromatic heterocycles.